The molecule has 0 radical (unpaired) electrons. The molecule has 1 aromatic carbocycles. The summed E-state index contributed by atoms with van der Waals surface area (Å²) in [6.45, 7) is 1.19. The molecule has 134 valence electrons. The molecule has 1 heterocycles. The summed E-state index contributed by atoms with van der Waals surface area (Å²) >= 11 is 0. The molecular weight excluding hydrogens is 318 g/mol. The molecule has 0 aromatic heterocycles. The molecule has 3 rings (SSSR count). The SMILES string of the molecule is COc1ccc(CNCC2CN(C3CC3)CCO2)cc1OC(F)F. The van der Waals surface area contributed by atoms with Crippen LogP contribution < -0.4 is 14.8 Å². The van der Waals surface area contributed by atoms with Crippen molar-refractivity contribution in [2.24, 2.45) is 0 Å². The number of halogens is 2. The fraction of sp³-hybridized carbons (Fsp3) is 0.647. The maximum absolute atomic E-state index is 12.5. The minimum atomic E-state index is -2.87. The highest BCUT2D eigenvalue weighted by molar-refractivity contribution is 5.42. The Morgan fingerprint density at radius 3 is 2.88 bits per heavy atom. The maximum atomic E-state index is 12.5. The highest BCUT2D eigenvalue weighted by Crippen LogP contribution is 2.30. The molecule has 0 spiro atoms. The van der Waals surface area contributed by atoms with E-state index in [0.29, 0.717) is 12.3 Å². The van der Waals surface area contributed by atoms with E-state index in [4.69, 9.17) is 9.47 Å². The number of nitrogens with zero attached hydrogens (tertiary/aromatic N) is 1. The summed E-state index contributed by atoms with van der Waals surface area (Å²) in [6, 6.07) is 5.81. The Kier molecular flexibility index (Phi) is 5.86. The molecule has 1 aliphatic carbocycles. The first-order chi connectivity index (χ1) is 11.7. The molecule has 1 aromatic rings. The van der Waals surface area contributed by atoms with E-state index in [1.807, 2.05) is 6.07 Å². The third-order valence-electron chi connectivity index (χ3n) is 4.38. The molecule has 2 aliphatic rings. The second-order valence-corrected chi connectivity index (χ2v) is 6.21. The van der Waals surface area contributed by atoms with Gasteiger partial charge in [0, 0.05) is 32.2 Å². The minimum absolute atomic E-state index is 0.0561. The zero-order valence-corrected chi connectivity index (χ0v) is 13.8. The fourth-order valence-electron chi connectivity index (χ4n) is 3.03. The molecule has 0 amide bonds. The van der Waals surface area contributed by atoms with Gasteiger partial charge in [0.25, 0.3) is 0 Å². The number of morpholine rings is 1. The summed E-state index contributed by atoms with van der Waals surface area (Å²) in [4.78, 5) is 2.50. The predicted octanol–water partition coefficient (Wildman–Crippen LogP) is 2.25. The first kappa shape index (κ1) is 17.4. The van der Waals surface area contributed by atoms with Crippen molar-refractivity contribution in [3.8, 4) is 11.5 Å². The largest absolute Gasteiger partial charge is 0.493 e. The van der Waals surface area contributed by atoms with Crippen LogP contribution in [0.15, 0.2) is 18.2 Å². The van der Waals surface area contributed by atoms with E-state index in [0.717, 1.165) is 37.8 Å². The summed E-state index contributed by atoms with van der Waals surface area (Å²) in [5.41, 5.74) is 0.862. The van der Waals surface area contributed by atoms with Gasteiger partial charge in [0.1, 0.15) is 0 Å². The van der Waals surface area contributed by atoms with Gasteiger partial charge < -0.3 is 19.5 Å². The Bertz CT molecular complexity index is 541. The van der Waals surface area contributed by atoms with Crippen molar-refractivity contribution in [2.45, 2.75) is 38.1 Å². The maximum Gasteiger partial charge on any atom is 0.387 e. The molecule has 7 heteroatoms. The van der Waals surface area contributed by atoms with Gasteiger partial charge in [0.2, 0.25) is 0 Å². The summed E-state index contributed by atoms with van der Waals surface area (Å²) in [5, 5.41) is 3.33. The van der Waals surface area contributed by atoms with E-state index >= 15 is 0 Å². The number of alkyl halides is 2. The number of hydrogen-bond acceptors (Lipinski definition) is 5. The molecule has 0 bridgehead atoms. The quantitative estimate of drug-likeness (QED) is 0.785. The molecule has 1 unspecified atom stereocenters. The summed E-state index contributed by atoms with van der Waals surface area (Å²) in [6.07, 6.45) is 2.78. The molecule has 24 heavy (non-hydrogen) atoms. The van der Waals surface area contributed by atoms with E-state index in [9.17, 15) is 8.78 Å². The third-order valence-corrected chi connectivity index (χ3v) is 4.38. The Morgan fingerprint density at radius 1 is 1.33 bits per heavy atom. The van der Waals surface area contributed by atoms with Crippen molar-refractivity contribution < 1.29 is 23.0 Å². The van der Waals surface area contributed by atoms with Crippen molar-refractivity contribution >= 4 is 0 Å². The van der Waals surface area contributed by atoms with Gasteiger partial charge in [-0.15, -0.1) is 0 Å². The average molecular weight is 342 g/mol. The van der Waals surface area contributed by atoms with Crippen molar-refractivity contribution in [3.63, 3.8) is 0 Å². The van der Waals surface area contributed by atoms with Gasteiger partial charge in [-0.25, -0.2) is 0 Å². The Balaban J connectivity index is 1.48. The summed E-state index contributed by atoms with van der Waals surface area (Å²) < 4.78 is 40.2. The van der Waals surface area contributed by atoms with Gasteiger partial charge >= 0.3 is 6.61 Å². The third kappa shape index (κ3) is 4.78. The predicted molar refractivity (Wildman–Crippen MR) is 85.7 cm³/mol. The van der Waals surface area contributed by atoms with Gasteiger partial charge in [-0.05, 0) is 30.5 Å². The first-order valence-corrected chi connectivity index (χ1v) is 8.34. The summed E-state index contributed by atoms with van der Waals surface area (Å²) in [5.74, 6) is 0.357. The zero-order chi connectivity index (χ0) is 16.9. The number of ether oxygens (including phenoxy) is 3. The van der Waals surface area contributed by atoms with Gasteiger partial charge in [-0.1, -0.05) is 6.07 Å². The van der Waals surface area contributed by atoms with Crippen LogP contribution in [0, 0.1) is 0 Å². The van der Waals surface area contributed by atoms with Crippen LogP contribution in [0.2, 0.25) is 0 Å². The lowest BCUT2D eigenvalue weighted by Crippen LogP contribution is -2.47. The monoisotopic (exact) mass is 342 g/mol. The molecule has 1 N–H and O–H groups in total. The smallest absolute Gasteiger partial charge is 0.387 e. The zero-order valence-electron chi connectivity index (χ0n) is 13.8. The Morgan fingerprint density at radius 2 is 2.17 bits per heavy atom. The Labute approximate surface area is 140 Å². The highest BCUT2D eigenvalue weighted by Gasteiger charge is 2.32. The van der Waals surface area contributed by atoms with Crippen LogP contribution in [0.1, 0.15) is 18.4 Å². The fourth-order valence-corrected chi connectivity index (χ4v) is 3.03. The lowest BCUT2D eigenvalue weighted by molar-refractivity contribution is -0.0512. The van der Waals surface area contributed by atoms with Crippen molar-refractivity contribution in [3.05, 3.63) is 23.8 Å². The van der Waals surface area contributed by atoms with Gasteiger partial charge in [0.05, 0.1) is 19.8 Å². The van der Waals surface area contributed by atoms with E-state index in [1.54, 1.807) is 12.1 Å². The topological polar surface area (TPSA) is 43.0 Å². The molecule has 1 saturated carbocycles. The molecular formula is C17H24F2N2O3. The molecule has 1 saturated heterocycles. The number of benzene rings is 1. The van der Waals surface area contributed by atoms with Crippen LogP contribution in [-0.2, 0) is 11.3 Å². The average Bonchev–Trinajstić information content (AvgIpc) is 3.40. The number of methoxy groups -OCH3 is 1. The second kappa shape index (κ2) is 8.09. The highest BCUT2D eigenvalue weighted by atomic mass is 19.3. The van der Waals surface area contributed by atoms with E-state index in [2.05, 4.69) is 15.0 Å². The van der Waals surface area contributed by atoms with Crippen LogP contribution in [0.4, 0.5) is 8.78 Å². The standard InChI is InChI=1S/C17H24F2N2O3/c1-22-15-5-2-12(8-16(15)24-17(18)19)9-20-10-14-11-21(6-7-23-14)13-3-4-13/h2,5,8,13-14,17,20H,3-4,6-7,9-11H2,1H3. The lowest BCUT2D eigenvalue weighted by Gasteiger charge is -2.33. The van der Waals surface area contributed by atoms with Crippen LogP contribution in [0.25, 0.3) is 0 Å². The Hall–Kier alpha value is -1.44. The lowest BCUT2D eigenvalue weighted by atomic mass is 10.2. The van der Waals surface area contributed by atoms with Crippen molar-refractivity contribution in [1.29, 1.82) is 0 Å². The van der Waals surface area contributed by atoms with Crippen LogP contribution in [0.5, 0.6) is 11.5 Å². The molecule has 1 atom stereocenters. The minimum Gasteiger partial charge on any atom is -0.493 e. The first-order valence-electron chi connectivity index (χ1n) is 8.34. The van der Waals surface area contributed by atoms with Crippen LogP contribution >= 0.6 is 0 Å². The number of nitrogens with one attached hydrogen (secondary N) is 1. The van der Waals surface area contributed by atoms with Crippen LogP contribution in [0.3, 0.4) is 0 Å². The van der Waals surface area contributed by atoms with E-state index in [1.165, 1.54) is 20.0 Å². The van der Waals surface area contributed by atoms with Crippen molar-refractivity contribution in [2.75, 3.05) is 33.4 Å². The van der Waals surface area contributed by atoms with Crippen LogP contribution in [-0.4, -0.2) is 57.0 Å². The van der Waals surface area contributed by atoms with E-state index in [-0.39, 0.29) is 11.9 Å². The normalized spacial score (nSPS) is 21.9. The van der Waals surface area contributed by atoms with Gasteiger partial charge in [-0.2, -0.15) is 8.78 Å². The molecule has 1 aliphatic heterocycles. The van der Waals surface area contributed by atoms with Gasteiger partial charge in [0.15, 0.2) is 11.5 Å². The molecule has 5 nitrogen and oxygen atoms in total. The summed E-state index contributed by atoms with van der Waals surface area (Å²) in [7, 11) is 1.43. The number of hydrogen-bond donors (Lipinski definition) is 1. The van der Waals surface area contributed by atoms with Crippen molar-refractivity contribution in [1.82, 2.24) is 10.2 Å². The second-order valence-electron chi connectivity index (χ2n) is 6.21. The van der Waals surface area contributed by atoms with Gasteiger partial charge in [-0.3, -0.25) is 4.90 Å². The number of rotatable bonds is 8. The molecule has 2 fully saturated rings. The van der Waals surface area contributed by atoms with E-state index < -0.39 is 6.61 Å².